The van der Waals surface area contributed by atoms with Gasteiger partial charge in [-0.25, -0.2) is 0 Å². The summed E-state index contributed by atoms with van der Waals surface area (Å²) in [6, 6.07) is 7.57. The summed E-state index contributed by atoms with van der Waals surface area (Å²) in [6.07, 6.45) is 4.16. The summed E-state index contributed by atoms with van der Waals surface area (Å²) in [6.45, 7) is 10.4. The number of aryl methyl sites for hydroxylation is 1. The van der Waals surface area contributed by atoms with Gasteiger partial charge in [-0.2, -0.15) is 35.7 Å². The van der Waals surface area contributed by atoms with Gasteiger partial charge in [0.1, 0.15) is 0 Å². The van der Waals surface area contributed by atoms with Crippen LogP contribution in [0.25, 0.3) is 5.57 Å². The summed E-state index contributed by atoms with van der Waals surface area (Å²) in [4.78, 5) is 11.4. The van der Waals surface area contributed by atoms with E-state index in [2.05, 4.69) is 39.8 Å². The number of ketones is 1. The molecule has 0 aromatic heterocycles. The van der Waals surface area contributed by atoms with Crippen molar-refractivity contribution in [3.05, 3.63) is 47.9 Å². The Balaban J connectivity index is 0.00000180. The molecule has 0 saturated heterocycles. The van der Waals surface area contributed by atoms with Crippen molar-refractivity contribution in [3.63, 3.8) is 0 Å². The van der Waals surface area contributed by atoms with E-state index in [0.717, 1.165) is 12.8 Å². The van der Waals surface area contributed by atoms with Crippen molar-refractivity contribution in [2.45, 2.75) is 45.4 Å². The maximum absolute atomic E-state index is 11.4. The van der Waals surface area contributed by atoms with Crippen LogP contribution >= 0.6 is 0 Å². The van der Waals surface area contributed by atoms with Gasteiger partial charge >= 0.3 is 21.1 Å². The zero-order valence-corrected chi connectivity index (χ0v) is 14.8. The number of hydrogen-bond acceptors (Lipinski definition) is 1. The fourth-order valence-electron chi connectivity index (χ4n) is 2.24. The van der Waals surface area contributed by atoms with E-state index in [9.17, 15) is 4.79 Å². The first-order chi connectivity index (χ1) is 8.44. The Morgan fingerprint density at radius 2 is 2.05 bits per heavy atom. The van der Waals surface area contributed by atoms with Gasteiger partial charge in [0.15, 0.2) is 5.78 Å². The summed E-state index contributed by atoms with van der Waals surface area (Å²) < 4.78 is 0. The van der Waals surface area contributed by atoms with Crippen molar-refractivity contribution in [1.29, 1.82) is 0 Å². The summed E-state index contributed by atoms with van der Waals surface area (Å²) in [7, 11) is 0. The van der Waals surface area contributed by atoms with Crippen molar-refractivity contribution in [2.24, 2.45) is 0 Å². The van der Waals surface area contributed by atoms with Crippen LogP contribution in [-0.4, -0.2) is 5.78 Å². The third kappa shape index (κ3) is 3.45. The summed E-state index contributed by atoms with van der Waals surface area (Å²) in [5.74, 6) is 0.246. The van der Waals surface area contributed by atoms with Gasteiger partial charge in [0.25, 0.3) is 0 Å². The largest absolute Gasteiger partial charge is 2.00 e. The van der Waals surface area contributed by atoms with Gasteiger partial charge in [-0.3, -0.25) is 4.79 Å². The third-order valence-electron chi connectivity index (χ3n) is 3.83. The van der Waals surface area contributed by atoms with Crippen LogP contribution < -0.4 is 0 Å². The number of benzene rings is 1. The van der Waals surface area contributed by atoms with Crippen molar-refractivity contribution < 1.29 is 25.9 Å². The maximum atomic E-state index is 11.4. The Hall–Kier alpha value is -0.682. The van der Waals surface area contributed by atoms with Crippen LogP contribution in [0.15, 0.2) is 18.2 Å². The number of carbonyl (C=O) groups is 1. The molecular formula is C17H20OW. The van der Waals surface area contributed by atoms with Crippen molar-refractivity contribution in [3.8, 4) is 0 Å². The molecule has 0 atom stereocenters. The molecule has 0 amide bonds. The molecule has 19 heavy (non-hydrogen) atoms. The molecule has 1 aromatic carbocycles. The van der Waals surface area contributed by atoms with Crippen molar-refractivity contribution >= 4 is 11.4 Å². The average molecular weight is 424 g/mol. The van der Waals surface area contributed by atoms with E-state index in [1.165, 1.54) is 22.3 Å². The van der Waals surface area contributed by atoms with E-state index < -0.39 is 0 Å². The Kier molecular flexibility index (Phi) is 5.33. The van der Waals surface area contributed by atoms with Crippen LogP contribution in [-0.2, 0) is 31.3 Å². The van der Waals surface area contributed by atoms with E-state index >= 15 is 0 Å². The molecule has 1 aliphatic carbocycles. The van der Waals surface area contributed by atoms with E-state index in [0.29, 0.717) is 6.42 Å². The van der Waals surface area contributed by atoms with E-state index in [-0.39, 0.29) is 32.3 Å². The molecule has 1 aromatic rings. The molecule has 0 unspecified atom stereocenters. The quantitative estimate of drug-likeness (QED) is 0.670. The molecule has 0 fully saturated rings. The fraction of sp³-hybridized carbons (Fsp3) is 0.412. The summed E-state index contributed by atoms with van der Waals surface area (Å²) in [5.41, 5.74) is 4.78. The first kappa shape index (κ1) is 16.4. The molecule has 1 aliphatic rings. The predicted molar refractivity (Wildman–Crippen MR) is 75.2 cm³/mol. The maximum Gasteiger partial charge on any atom is 2.00 e. The number of allylic oxidation sites excluding steroid dienone is 2. The second-order valence-electron chi connectivity index (χ2n) is 5.71. The van der Waals surface area contributed by atoms with Crippen LogP contribution in [0.3, 0.4) is 0 Å². The normalized spacial score (nSPS) is 15.2. The molecule has 0 spiro atoms. The monoisotopic (exact) mass is 424 g/mol. The summed E-state index contributed by atoms with van der Waals surface area (Å²) >= 11 is 0. The molecule has 2 heteroatoms. The molecule has 0 aliphatic heterocycles. The first-order valence-corrected chi connectivity index (χ1v) is 6.50. The zero-order valence-electron chi connectivity index (χ0n) is 11.9. The minimum Gasteiger partial charge on any atom is -0.343 e. The van der Waals surface area contributed by atoms with Crippen LogP contribution in [0.4, 0.5) is 0 Å². The Bertz CT molecular complexity index is 512. The van der Waals surface area contributed by atoms with Gasteiger partial charge < -0.3 is 6.92 Å². The Morgan fingerprint density at radius 3 is 2.58 bits per heavy atom. The summed E-state index contributed by atoms with van der Waals surface area (Å²) in [5, 5.41) is 0. The van der Waals surface area contributed by atoms with Gasteiger partial charge in [-0.05, 0) is 12.5 Å². The average Bonchev–Trinajstić information content (AvgIpc) is 2.76. The Morgan fingerprint density at radius 1 is 1.37 bits per heavy atom. The molecular weight excluding hydrogens is 404 g/mol. The van der Waals surface area contributed by atoms with Crippen molar-refractivity contribution in [2.75, 3.05) is 0 Å². The molecule has 1 nitrogen and oxygen atoms in total. The molecule has 0 heterocycles. The molecule has 0 saturated carbocycles. The van der Waals surface area contributed by atoms with Crippen LogP contribution in [0.2, 0.25) is 0 Å². The first-order valence-electron chi connectivity index (χ1n) is 6.50. The second kappa shape index (κ2) is 6.18. The Labute approximate surface area is 130 Å². The molecule has 2 rings (SSSR count). The topological polar surface area (TPSA) is 17.1 Å². The van der Waals surface area contributed by atoms with Crippen LogP contribution in [0.5, 0.6) is 0 Å². The van der Waals surface area contributed by atoms with E-state index in [1.807, 2.05) is 6.07 Å². The zero-order chi connectivity index (χ0) is 13.3. The molecule has 0 radical (unpaired) electrons. The standard InChI is InChI=1S/C17H20O.W/c1-5-17(3,4)14-8-6-12(2)16(11-14)13-7-9-15(18)10-13;/h6,10-11H,1,5,7,9H2,2-4H3;/q-2;+2. The van der Waals surface area contributed by atoms with E-state index in [4.69, 9.17) is 0 Å². The second-order valence-corrected chi connectivity index (χ2v) is 5.71. The fourth-order valence-corrected chi connectivity index (χ4v) is 2.24. The van der Waals surface area contributed by atoms with Crippen molar-refractivity contribution in [1.82, 2.24) is 0 Å². The minimum absolute atomic E-state index is 0. The van der Waals surface area contributed by atoms with Gasteiger partial charge in [-0.1, -0.05) is 31.8 Å². The van der Waals surface area contributed by atoms with Gasteiger partial charge in [-0.15, -0.1) is 5.56 Å². The minimum atomic E-state index is 0. The smallest absolute Gasteiger partial charge is 0.343 e. The van der Waals surface area contributed by atoms with Gasteiger partial charge in [0.2, 0.25) is 0 Å². The van der Waals surface area contributed by atoms with Crippen LogP contribution in [0.1, 0.15) is 49.8 Å². The van der Waals surface area contributed by atoms with E-state index in [1.54, 1.807) is 6.08 Å². The third-order valence-corrected chi connectivity index (χ3v) is 3.83. The van der Waals surface area contributed by atoms with Crippen LogP contribution in [0, 0.1) is 19.9 Å². The molecule has 0 bridgehead atoms. The molecule has 0 N–H and O–H groups in total. The number of rotatable bonds is 3. The predicted octanol–water partition coefficient (Wildman–Crippen LogP) is 4.04. The molecule has 100 valence electrons. The van der Waals surface area contributed by atoms with Gasteiger partial charge in [0.05, 0.1) is 0 Å². The van der Waals surface area contributed by atoms with Gasteiger partial charge in [0, 0.05) is 6.42 Å². The SMILES string of the molecule is [CH2-]CC(C)(C)c1[c-]cc(C)c(C2=CC(=O)CC2)c1.[W+2]. The number of carbonyl (C=O) groups excluding carboxylic acids is 1. The number of hydrogen-bond donors (Lipinski definition) is 0.